The van der Waals surface area contributed by atoms with E-state index in [9.17, 15) is 9.59 Å². The normalized spacial score (nSPS) is 12.0. The second-order valence-corrected chi connectivity index (χ2v) is 24.5. The van der Waals surface area contributed by atoms with Crippen LogP contribution in [0.3, 0.4) is 0 Å². The number of nitrogens with one attached hydrogen (secondary N) is 3. The standard InChI is InChI=1S/C35H56N6O5Si3/c1-8-10-22-44-31(42)27-13-17-29(18-14-27)37-34-39-33(36-21-12-24-48(26-25-47(3)4)46-49(5,6)7)40-35(41-34)38-30-19-15-28(16-20-30)32(43)45-23-11-9-2/h13-20,47-48H,8-12,21-26H2,1-7H3,(H3,36,37,38,39,40,41). The maximum atomic E-state index is 12.4. The van der Waals surface area contributed by atoms with Crippen LogP contribution in [0.5, 0.6) is 0 Å². The van der Waals surface area contributed by atoms with Crippen LogP contribution in [0.15, 0.2) is 48.5 Å². The van der Waals surface area contributed by atoms with Crippen molar-refractivity contribution in [3.8, 4) is 0 Å². The molecule has 3 N–H and O–H groups in total. The van der Waals surface area contributed by atoms with Gasteiger partial charge >= 0.3 is 11.9 Å². The average Bonchev–Trinajstić information content (AvgIpc) is 3.05. The van der Waals surface area contributed by atoms with Gasteiger partial charge in [-0.3, -0.25) is 0 Å². The number of hydrogen-bond donors (Lipinski definition) is 3. The van der Waals surface area contributed by atoms with E-state index in [4.69, 9.17) is 13.6 Å². The first-order valence-electron chi connectivity index (χ1n) is 17.7. The molecule has 0 aliphatic heterocycles. The number of carbonyl (C=O) groups is 2. The Bertz CT molecular complexity index is 1350. The maximum Gasteiger partial charge on any atom is 0.338 e. The van der Waals surface area contributed by atoms with Crippen molar-refractivity contribution in [1.82, 2.24) is 15.0 Å². The highest BCUT2D eigenvalue weighted by atomic mass is 28.4. The molecule has 0 radical (unpaired) electrons. The molecule has 1 atom stereocenters. The summed E-state index contributed by atoms with van der Waals surface area (Å²) >= 11 is 0. The Morgan fingerprint density at radius 3 is 1.57 bits per heavy atom. The molecule has 2 aromatic carbocycles. The van der Waals surface area contributed by atoms with Crippen LogP contribution in [0.1, 0.15) is 66.7 Å². The minimum absolute atomic E-state index is 0.339. The van der Waals surface area contributed by atoms with E-state index in [0.717, 1.165) is 38.1 Å². The fourth-order valence-corrected chi connectivity index (χ4v) is 14.8. The van der Waals surface area contributed by atoms with Gasteiger partial charge in [0.15, 0.2) is 17.4 Å². The van der Waals surface area contributed by atoms with Gasteiger partial charge in [0.25, 0.3) is 0 Å². The molecule has 3 rings (SSSR count). The number of benzene rings is 2. The fourth-order valence-electron chi connectivity index (χ4n) is 4.80. The number of carbonyl (C=O) groups excluding carboxylic acids is 2. The molecule has 268 valence electrons. The van der Waals surface area contributed by atoms with Gasteiger partial charge in [-0.1, -0.05) is 45.8 Å². The number of esters is 2. The van der Waals surface area contributed by atoms with Gasteiger partial charge in [-0.15, -0.1) is 0 Å². The van der Waals surface area contributed by atoms with E-state index >= 15 is 0 Å². The van der Waals surface area contributed by atoms with Gasteiger partial charge < -0.3 is 29.5 Å². The predicted molar refractivity (Wildman–Crippen MR) is 208 cm³/mol. The van der Waals surface area contributed by atoms with Crippen LogP contribution in [-0.4, -0.2) is 72.8 Å². The molecule has 11 nitrogen and oxygen atoms in total. The van der Waals surface area contributed by atoms with Crippen molar-refractivity contribution in [3.63, 3.8) is 0 Å². The lowest BCUT2D eigenvalue weighted by Gasteiger charge is -2.26. The SMILES string of the molecule is CCCCOC(=O)c1ccc(Nc2nc(NCCC[SiH](CC[SiH](C)C)O[Si](C)(C)C)nc(Nc3ccc(C(=O)OCCCC)cc3)n2)cc1. The second-order valence-electron chi connectivity index (χ2n) is 13.6. The molecule has 14 heteroatoms. The summed E-state index contributed by atoms with van der Waals surface area (Å²) in [5.74, 6) is 0.428. The van der Waals surface area contributed by atoms with Crippen molar-refractivity contribution in [3.05, 3.63) is 59.7 Å². The largest absolute Gasteiger partial charge is 0.462 e. The van der Waals surface area contributed by atoms with E-state index in [0.29, 0.717) is 60.1 Å². The lowest BCUT2D eigenvalue weighted by molar-refractivity contribution is 0.0490. The summed E-state index contributed by atoms with van der Waals surface area (Å²) in [4.78, 5) is 38.6. The monoisotopic (exact) mass is 724 g/mol. The Hall–Kier alpha value is -3.60. The van der Waals surface area contributed by atoms with Crippen LogP contribution in [0.25, 0.3) is 0 Å². The van der Waals surface area contributed by atoms with Crippen molar-refractivity contribution in [2.24, 2.45) is 0 Å². The summed E-state index contributed by atoms with van der Waals surface area (Å²) in [5.41, 5.74) is 2.39. The average molecular weight is 725 g/mol. The molecule has 1 aromatic heterocycles. The summed E-state index contributed by atoms with van der Waals surface area (Å²) in [6.45, 7) is 17.3. The number of anilines is 5. The summed E-state index contributed by atoms with van der Waals surface area (Å²) in [6, 6.07) is 17.8. The third-order valence-corrected chi connectivity index (χ3v) is 15.8. The molecule has 0 saturated heterocycles. The molecule has 0 fully saturated rings. The summed E-state index contributed by atoms with van der Waals surface area (Å²) in [7, 11) is -3.48. The minimum Gasteiger partial charge on any atom is -0.462 e. The fraction of sp³-hybridized carbons (Fsp3) is 0.514. The van der Waals surface area contributed by atoms with Crippen LogP contribution in [0.4, 0.5) is 29.2 Å². The third-order valence-electron chi connectivity index (χ3n) is 7.42. The highest BCUT2D eigenvalue weighted by molar-refractivity contribution is 6.77. The number of rotatable bonds is 22. The zero-order valence-corrected chi connectivity index (χ0v) is 33.7. The third kappa shape index (κ3) is 15.7. The van der Waals surface area contributed by atoms with Gasteiger partial charge in [0.05, 0.1) is 24.3 Å². The highest BCUT2D eigenvalue weighted by Gasteiger charge is 2.22. The first-order chi connectivity index (χ1) is 23.5. The molecule has 0 aliphatic rings. The van der Waals surface area contributed by atoms with Crippen molar-refractivity contribution in [1.29, 1.82) is 0 Å². The first-order valence-corrected chi connectivity index (χ1v) is 26.4. The molecule has 0 amide bonds. The molecular weight excluding hydrogens is 669 g/mol. The Labute approximate surface area is 296 Å². The lowest BCUT2D eigenvalue weighted by atomic mass is 10.2. The van der Waals surface area contributed by atoms with E-state index in [1.54, 1.807) is 48.5 Å². The Morgan fingerprint density at radius 2 is 1.14 bits per heavy atom. The molecule has 3 aromatic rings. The smallest absolute Gasteiger partial charge is 0.338 e. The molecule has 49 heavy (non-hydrogen) atoms. The van der Waals surface area contributed by atoms with Gasteiger partial charge in [-0.2, -0.15) is 15.0 Å². The number of ether oxygens (including phenoxy) is 2. The van der Waals surface area contributed by atoms with Crippen molar-refractivity contribution in [2.75, 3.05) is 35.7 Å². The molecule has 0 aliphatic carbocycles. The van der Waals surface area contributed by atoms with Crippen molar-refractivity contribution < 1.29 is 23.2 Å². The lowest BCUT2D eigenvalue weighted by Crippen LogP contribution is -2.35. The Balaban J connectivity index is 1.73. The summed E-state index contributed by atoms with van der Waals surface area (Å²) in [6.07, 6.45) is 4.57. The molecule has 0 bridgehead atoms. The highest BCUT2D eigenvalue weighted by Crippen LogP contribution is 2.21. The van der Waals surface area contributed by atoms with Crippen molar-refractivity contribution >= 4 is 67.3 Å². The second kappa shape index (κ2) is 20.8. The van der Waals surface area contributed by atoms with E-state index in [1.165, 1.54) is 12.1 Å². The number of unbranched alkanes of at least 4 members (excludes halogenated alkanes) is 2. The first kappa shape index (κ1) is 39.8. The molecule has 0 spiro atoms. The topological polar surface area (TPSA) is 137 Å². The molecule has 0 saturated carbocycles. The van der Waals surface area contributed by atoms with Crippen LogP contribution < -0.4 is 16.0 Å². The van der Waals surface area contributed by atoms with E-state index < -0.39 is 26.2 Å². The summed E-state index contributed by atoms with van der Waals surface area (Å²) < 4.78 is 17.3. The molecule has 1 unspecified atom stereocenters. The van der Waals surface area contributed by atoms with Crippen LogP contribution in [0.2, 0.25) is 50.9 Å². The molecular formula is C35H56N6O5Si3. The Morgan fingerprint density at radius 1 is 0.673 bits per heavy atom. The van der Waals surface area contributed by atoms with Gasteiger partial charge in [-0.25, -0.2) is 9.59 Å². The van der Waals surface area contributed by atoms with Gasteiger partial charge in [0, 0.05) is 26.7 Å². The Kier molecular flexibility index (Phi) is 16.9. The van der Waals surface area contributed by atoms with E-state index in [-0.39, 0.29) is 11.9 Å². The van der Waals surface area contributed by atoms with Gasteiger partial charge in [0.2, 0.25) is 17.8 Å². The maximum absolute atomic E-state index is 12.4. The van der Waals surface area contributed by atoms with E-state index in [2.05, 4.69) is 77.5 Å². The van der Waals surface area contributed by atoms with Gasteiger partial charge in [-0.05, 0) is 99.5 Å². The predicted octanol–water partition coefficient (Wildman–Crippen LogP) is 8.14. The number of aromatic nitrogens is 3. The van der Waals surface area contributed by atoms with Crippen LogP contribution >= 0.6 is 0 Å². The quantitative estimate of drug-likeness (QED) is 0.0526. The van der Waals surface area contributed by atoms with E-state index in [1.807, 2.05) is 0 Å². The number of hydrogen-bond acceptors (Lipinski definition) is 11. The van der Waals surface area contributed by atoms with Crippen molar-refractivity contribution in [2.45, 2.75) is 96.8 Å². The zero-order chi connectivity index (χ0) is 35.6. The van der Waals surface area contributed by atoms with Gasteiger partial charge in [0.1, 0.15) is 0 Å². The van der Waals surface area contributed by atoms with Crippen LogP contribution in [-0.2, 0) is 13.6 Å². The minimum atomic E-state index is -1.59. The zero-order valence-electron chi connectivity index (χ0n) is 30.4. The van der Waals surface area contributed by atoms with Crippen LogP contribution in [0, 0.1) is 0 Å². The number of nitrogens with zero attached hydrogens (tertiary/aromatic N) is 3. The summed E-state index contributed by atoms with van der Waals surface area (Å²) in [5, 5.41) is 9.88. The molecule has 1 heterocycles.